The topological polar surface area (TPSA) is 0 Å². The second kappa shape index (κ2) is 2.49. The predicted molar refractivity (Wildman–Crippen MR) is 39.7 cm³/mol. The van der Waals surface area contributed by atoms with Crippen molar-refractivity contribution < 1.29 is 0 Å². The molecular weight excluding hydrogens is 164 g/mol. The smallest absolute Gasteiger partial charge is 0.00161 e. The molecule has 1 rings (SSSR count). The van der Waals surface area contributed by atoms with Crippen LogP contribution in [0.2, 0.25) is 0 Å². The van der Waals surface area contributed by atoms with Gasteiger partial charge in [0, 0.05) is 6.42 Å². The molecule has 1 heteroatoms. The van der Waals surface area contributed by atoms with Crippen molar-refractivity contribution in [1.82, 2.24) is 0 Å². The zero-order valence-electron chi connectivity index (χ0n) is 4.82. The fraction of sp³-hybridized carbons (Fsp3) is 0.286. The second-order valence-corrected chi connectivity index (χ2v) is 2.83. The minimum atomic E-state index is 1.07. The Labute approximate surface area is 58.4 Å². The lowest BCUT2D eigenvalue weighted by molar-refractivity contribution is 1.21. The molecule has 0 aromatic carbocycles. The summed E-state index contributed by atoms with van der Waals surface area (Å²) >= 11 is 3.39. The van der Waals surface area contributed by atoms with E-state index in [0.717, 1.165) is 6.42 Å². The van der Waals surface area contributed by atoms with Gasteiger partial charge in [-0.15, -0.1) is 0 Å². The van der Waals surface area contributed by atoms with Gasteiger partial charge in [-0.3, -0.25) is 0 Å². The number of halogens is 1. The van der Waals surface area contributed by atoms with Crippen molar-refractivity contribution in [3.05, 3.63) is 28.6 Å². The molecule has 1 aliphatic rings. The molecule has 0 atom stereocenters. The van der Waals surface area contributed by atoms with Crippen molar-refractivity contribution in [3.8, 4) is 0 Å². The van der Waals surface area contributed by atoms with Gasteiger partial charge in [0.05, 0.1) is 0 Å². The summed E-state index contributed by atoms with van der Waals surface area (Å²) in [6.45, 7) is 2.11. The first-order chi connectivity index (χ1) is 3.79. The Kier molecular flexibility index (Phi) is 1.90. The average Bonchev–Trinajstić information content (AvgIpc) is 1.64. The van der Waals surface area contributed by atoms with Crippen LogP contribution in [0.3, 0.4) is 0 Å². The Balaban J connectivity index is 2.69. The van der Waals surface area contributed by atoms with Crippen LogP contribution in [0.5, 0.6) is 0 Å². The van der Waals surface area contributed by atoms with Crippen molar-refractivity contribution >= 4 is 15.9 Å². The largest absolute Gasteiger partial charge is 0.0809 e. The standard InChI is InChI=1S/C7H8Br/c1-6-3-2-4-7(8)5-6/h3-5H,2H2,1H3. The molecule has 1 radical (unpaired) electrons. The summed E-state index contributed by atoms with van der Waals surface area (Å²) in [5.41, 5.74) is 1.35. The van der Waals surface area contributed by atoms with E-state index in [1.54, 1.807) is 0 Å². The summed E-state index contributed by atoms with van der Waals surface area (Å²) in [6, 6.07) is 0. The van der Waals surface area contributed by atoms with Crippen LogP contribution in [-0.4, -0.2) is 0 Å². The summed E-state index contributed by atoms with van der Waals surface area (Å²) in [5, 5.41) is 0. The lowest BCUT2D eigenvalue weighted by Gasteiger charge is -2.02. The van der Waals surface area contributed by atoms with Crippen molar-refractivity contribution in [3.63, 3.8) is 0 Å². The average molecular weight is 172 g/mol. The first kappa shape index (κ1) is 6.09. The summed E-state index contributed by atoms with van der Waals surface area (Å²) in [4.78, 5) is 0. The van der Waals surface area contributed by atoms with Gasteiger partial charge in [0.1, 0.15) is 0 Å². The summed E-state index contributed by atoms with van der Waals surface area (Å²) < 4.78 is 1.21. The Morgan fingerprint density at radius 2 is 2.38 bits per heavy atom. The van der Waals surface area contributed by atoms with E-state index in [-0.39, 0.29) is 0 Å². The highest BCUT2D eigenvalue weighted by molar-refractivity contribution is 9.11. The number of allylic oxidation sites excluding steroid dienone is 4. The molecule has 0 aliphatic heterocycles. The molecule has 0 nitrogen and oxygen atoms in total. The third-order valence-corrected chi connectivity index (χ3v) is 1.67. The van der Waals surface area contributed by atoms with Gasteiger partial charge in [-0.2, -0.15) is 0 Å². The maximum atomic E-state index is 3.39. The molecule has 0 fully saturated rings. The molecule has 8 heavy (non-hydrogen) atoms. The first-order valence-corrected chi connectivity index (χ1v) is 3.45. The molecule has 0 saturated carbocycles. The van der Waals surface area contributed by atoms with Crippen molar-refractivity contribution in [1.29, 1.82) is 0 Å². The van der Waals surface area contributed by atoms with Crippen molar-refractivity contribution in [2.24, 2.45) is 0 Å². The molecule has 0 aromatic rings. The molecule has 43 valence electrons. The third kappa shape index (κ3) is 1.48. The van der Waals surface area contributed by atoms with E-state index >= 15 is 0 Å². The van der Waals surface area contributed by atoms with Crippen LogP contribution in [0.1, 0.15) is 13.3 Å². The van der Waals surface area contributed by atoms with E-state index in [1.807, 2.05) is 0 Å². The number of rotatable bonds is 0. The van der Waals surface area contributed by atoms with Crippen LogP contribution in [0.4, 0.5) is 0 Å². The molecule has 0 unspecified atom stereocenters. The Morgan fingerprint density at radius 3 is 2.75 bits per heavy atom. The Morgan fingerprint density at radius 1 is 1.62 bits per heavy atom. The van der Waals surface area contributed by atoms with Gasteiger partial charge >= 0.3 is 0 Å². The normalized spacial score (nSPS) is 19.8. The quantitative estimate of drug-likeness (QED) is 0.527. The number of hydrogen-bond acceptors (Lipinski definition) is 0. The van der Waals surface area contributed by atoms with Gasteiger partial charge in [0.2, 0.25) is 0 Å². The highest BCUT2D eigenvalue weighted by Crippen LogP contribution is 2.19. The van der Waals surface area contributed by atoms with E-state index in [9.17, 15) is 0 Å². The molecule has 0 heterocycles. The van der Waals surface area contributed by atoms with Gasteiger partial charge in [-0.05, 0) is 23.9 Å². The molecule has 0 amide bonds. The minimum Gasteiger partial charge on any atom is -0.0809 e. The highest BCUT2D eigenvalue weighted by atomic mass is 79.9. The third-order valence-electron chi connectivity index (χ3n) is 1.12. The molecule has 1 aliphatic carbocycles. The van der Waals surface area contributed by atoms with E-state index in [2.05, 4.69) is 41.4 Å². The molecule has 0 aromatic heterocycles. The summed E-state index contributed by atoms with van der Waals surface area (Å²) in [6.07, 6.45) is 7.53. The van der Waals surface area contributed by atoms with E-state index in [4.69, 9.17) is 0 Å². The van der Waals surface area contributed by atoms with E-state index < -0.39 is 0 Å². The zero-order valence-corrected chi connectivity index (χ0v) is 6.40. The van der Waals surface area contributed by atoms with Gasteiger partial charge in [0.15, 0.2) is 0 Å². The van der Waals surface area contributed by atoms with Gasteiger partial charge in [-0.1, -0.05) is 27.6 Å². The van der Waals surface area contributed by atoms with Crippen LogP contribution < -0.4 is 0 Å². The zero-order chi connectivity index (χ0) is 5.98. The van der Waals surface area contributed by atoms with Crippen molar-refractivity contribution in [2.45, 2.75) is 13.3 Å². The lowest BCUT2D eigenvalue weighted by atomic mass is 10.1. The van der Waals surface area contributed by atoms with Gasteiger partial charge in [0.25, 0.3) is 0 Å². The fourth-order valence-electron chi connectivity index (χ4n) is 0.693. The Bertz CT molecular complexity index is 142. The predicted octanol–water partition coefficient (Wildman–Crippen LogP) is 2.82. The van der Waals surface area contributed by atoms with Crippen molar-refractivity contribution in [2.75, 3.05) is 0 Å². The van der Waals surface area contributed by atoms with Gasteiger partial charge in [-0.25, -0.2) is 0 Å². The number of hydrogen-bond donors (Lipinski definition) is 0. The lowest BCUT2D eigenvalue weighted by Crippen LogP contribution is -1.82. The van der Waals surface area contributed by atoms with Crippen LogP contribution in [0.25, 0.3) is 0 Å². The fourth-order valence-corrected chi connectivity index (χ4v) is 1.24. The molecule has 0 bridgehead atoms. The highest BCUT2D eigenvalue weighted by Gasteiger charge is 1.96. The molecule has 0 N–H and O–H groups in total. The maximum absolute atomic E-state index is 3.39. The minimum absolute atomic E-state index is 1.07. The van der Waals surface area contributed by atoms with Crippen LogP contribution in [-0.2, 0) is 0 Å². The van der Waals surface area contributed by atoms with Crippen LogP contribution >= 0.6 is 15.9 Å². The van der Waals surface area contributed by atoms with Crippen LogP contribution in [0.15, 0.2) is 22.2 Å². The first-order valence-electron chi connectivity index (χ1n) is 2.66. The Hall–Kier alpha value is -0.0400. The molecular formula is C7H8Br. The molecule has 0 saturated heterocycles. The van der Waals surface area contributed by atoms with E-state index in [1.165, 1.54) is 10.1 Å². The SMILES string of the molecule is CC1=CC[CH]C(Br)=C1. The van der Waals surface area contributed by atoms with Gasteiger partial charge < -0.3 is 0 Å². The van der Waals surface area contributed by atoms with E-state index in [0.29, 0.717) is 0 Å². The summed E-state index contributed by atoms with van der Waals surface area (Å²) in [5.74, 6) is 0. The monoisotopic (exact) mass is 171 g/mol. The molecule has 0 spiro atoms. The van der Waals surface area contributed by atoms with Crippen LogP contribution in [0, 0.1) is 6.42 Å². The second-order valence-electron chi connectivity index (χ2n) is 1.92. The summed E-state index contributed by atoms with van der Waals surface area (Å²) in [7, 11) is 0. The maximum Gasteiger partial charge on any atom is 0.00161 e.